The first kappa shape index (κ1) is 15.0. The van der Waals surface area contributed by atoms with Gasteiger partial charge in [0.15, 0.2) is 0 Å². The third-order valence-electron chi connectivity index (χ3n) is 4.25. The molecule has 1 unspecified atom stereocenters. The molecular weight excluding hydrogens is 254 g/mol. The zero-order valence-electron chi connectivity index (χ0n) is 12.2. The Morgan fingerprint density at radius 3 is 2.90 bits per heavy atom. The quantitative estimate of drug-likeness (QED) is 0.725. The van der Waals surface area contributed by atoms with Gasteiger partial charge in [0.1, 0.15) is 0 Å². The topological polar surface area (TPSA) is 67.2 Å². The highest BCUT2D eigenvalue weighted by molar-refractivity contribution is 5.76. The first-order valence-electron chi connectivity index (χ1n) is 7.54. The van der Waals surface area contributed by atoms with Crippen molar-refractivity contribution in [3.8, 4) is 0 Å². The van der Waals surface area contributed by atoms with E-state index >= 15 is 0 Å². The summed E-state index contributed by atoms with van der Waals surface area (Å²) in [5.41, 5.74) is 0.180. The summed E-state index contributed by atoms with van der Waals surface area (Å²) in [6.07, 6.45) is 11.0. The van der Waals surface area contributed by atoms with Crippen LogP contribution < -0.4 is 5.32 Å². The zero-order valence-corrected chi connectivity index (χ0v) is 12.2. The van der Waals surface area contributed by atoms with Crippen molar-refractivity contribution in [3.05, 3.63) is 18.7 Å². The molecule has 0 radical (unpaired) electrons. The molecular formula is C15H25N3O2. The molecule has 0 aromatic carbocycles. The van der Waals surface area contributed by atoms with Crippen molar-refractivity contribution >= 4 is 5.91 Å². The summed E-state index contributed by atoms with van der Waals surface area (Å²) in [6.45, 7) is 3.04. The maximum absolute atomic E-state index is 12.1. The third kappa shape index (κ3) is 4.07. The van der Waals surface area contributed by atoms with Gasteiger partial charge in [-0.15, -0.1) is 0 Å². The van der Waals surface area contributed by atoms with E-state index in [9.17, 15) is 4.79 Å². The number of aliphatic hydroxyl groups excluding tert-OH is 1. The van der Waals surface area contributed by atoms with Gasteiger partial charge in [-0.2, -0.15) is 0 Å². The monoisotopic (exact) mass is 279 g/mol. The van der Waals surface area contributed by atoms with E-state index in [2.05, 4.69) is 17.2 Å². The molecule has 1 aliphatic rings. The summed E-state index contributed by atoms with van der Waals surface area (Å²) >= 11 is 0. The van der Waals surface area contributed by atoms with Crippen LogP contribution in [-0.2, 0) is 4.79 Å². The van der Waals surface area contributed by atoms with E-state index in [-0.39, 0.29) is 24.0 Å². The minimum Gasteiger partial charge on any atom is -0.396 e. The average Bonchev–Trinajstić information content (AvgIpc) is 2.99. The Kier molecular flexibility index (Phi) is 5.17. The van der Waals surface area contributed by atoms with Crippen LogP contribution in [0.3, 0.4) is 0 Å². The molecule has 1 aromatic heterocycles. The molecule has 112 valence electrons. The summed E-state index contributed by atoms with van der Waals surface area (Å²) in [5, 5.41) is 12.1. The number of aliphatic hydroxyl groups is 1. The minimum absolute atomic E-state index is 0.0985. The van der Waals surface area contributed by atoms with Crippen LogP contribution >= 0.6 is 0 Å². The molecule has 20 heavy (non-hydrogen) atoms. The summed E-state index contributed by atoms with van der Waals surface area (Å²) in [7, 11) is 0. The lowest BCUT2D eigenvalue weighted by Crippen LogP contribution is -2.32. The number of hydrogen-bond acceptors (Lipinski definition) is 3. The third-order valence-corrected chi connectivity index (χ3v) is 4.25. The first-order chi connectivity index (χ1) is 9.69. The maximum Gasteiger partial charge on any atom is 0.222 e. The Morgan fingerprint density at radius 1 is 1.55 bits per heavy atom. The van der Waals surface area contributed by atoms with E-state index in [0.717, 1.165) is 32.1 Å². The number of nitrogens with one attached hydrogen (secondary N) is 1. The van der Waals surface area contributed by atoms with Crippen LogP contribution in [0.5, 0.6) is 0 Å². The van der Waals surface area contributed by atoms with Crippen LogP contribution in [0.1, 0.15) is 51.5 Å². The van der Waals surface area contributed by atoms with Crippen molar-refractivity contribution < 1.29 is 9.90 Å². The Bertz CT molecular complexity index is 413. The second-order valence-electron chi connectivity index (χ2n) is 5.91. The van der Waals surface area contributed by atoms with E-state index in [1.54, 1.807) is 12.5 Å². The molecule has 5 nitrogen and oxygen atoms in total. The summed E-state index contributed by atoms with van der Waals surface area (Å²) in [4.78, 5) is 16.2. The van der Waals surface area contributed by atoms with Crippen molar-refractivity contribution in [2.75, 3.05) is 13.2 Å². The van der Waals surface area contributed by atoms with E-state index in [4.69, 9.17) is 5.11 Å². The molecule has 1 aliphatic carbocycles. The Hall–Kier alpha value is -1.36. The number of aromatic nitrogens is 2. The van der Waals surface area contributed by atoms with Crippen LogP contribution in [0, 0.1) is 5.41 Å². The summed E-state index contributed by atoms with van der Waals surface area (Å²) in [5.74, 6) is 0.0985. The van der Waals surface area contributed by atoms with E-state index in [1.807, 2.05) is 10.8 Å². The molecule has 2 rings (SSSR count). The molecule has 1 amide bonds. The molecule has 0 spiro atoms. The molecule has 2 N–H and O–H groups in total. The highest BCUT2D eigenvalue weighted by Crippen LogP contribution is 2.47. The molecule has 0 bridgehead atoms. The van der Waals surface area contributed by atoms with Gasteiger partial charge in [0, 0.05) is 38.0 Å². The number of amides is 1. The van der Waals surface area contributed by atoms with Crippen LogP contribution in [-0.4, -0.2) is 33.7 Å². The van der Waals surface area contributed by atoms with Gasteiger partial charge in [-0.05, 0) is 31.1 Å². The largest absolute Gasteiger partial charge is 0.396 e. The van der Waals surface area contributed by atoms with E-state index < -0.39 is 0 Å². The van der Waals surface area contributed by atoms with Crippen LogP contribution in [0.2, 0.25) is 0 Å². The normalized spacial score (nSPS) is 17.7. The van der Waals surface area contributed by atoms with E-state index in [1.165, 1.54) is 0 Å². The molecule has 0 saturated heterocycles. The SMILES string of the molecule is CCCC(CC(=O)NCC1(CCO)CC1)n1ccnc1. The number of carbonyl (C=O) groups is 1. The predicted octanol–water partition coefficient (Wildman–Crippen LogP) is 1.89. The predicted molar refractivity (Wildman–Crippen MR) is 77.2 cm³/mol. The molecule has 1 aromatic rings. The highest BCUT2D eigenvalue weighted by atomic mass is 16.3. The number of imidazole rings is 1. The van der Waals surface area contributed by atoms with Gasteiger partial charge < -0.3 is 15.0 Å². The van der Waals surface area contributed by atoms with Gasteiger partial charge in [0.2, 0.25) is 5.91 Å². The molecule has 1 heterocycles. The number of carbonyl (C=O) groups excluding carboxylic acids is 1. The second kappa shape index (κ2) is 6.88. The van der Waals surface area contributed by atoms with Gasteiger partial charge in [-0.25, -0.2) is 4.98 Å². The summed E-state index contributed by atoms with van der Waals surface area (Å²) < 4.78 is 2.02. The van der Waals surface area contributed by atoms with Crippen molar-refractivity contribution in [2.24, 2.45) is 5.41 Å². The number of hydrogen-bond donors (Lipinski definition) is 2. The molecule has 1 saturated carbocycles. The van der Waals surface area contributed by atoms with Crippen molar-refractivity contribution in [1.82, 2.24) is 14.9 Å². The second-order valence-corrected chi connectivity index (χ2v) is 5.91. The smallest absolute Gasteiger partial charge is 0.222 e. The average molecular weight is 279 g/mol. The van der Waals surface area contributed by atoms with Gasteiger partial charge in [-0.1, -0.05) is 13.3 Å². The van der Waals surface area contributed by atoms with Crippen molar-refractivity contribution in [1.29, 1.82) is 0 Å². The molecule has 5 heteroatoms. The Labute approximate surface area is 120 Å². The molecule has 0 aliphatic heterocycles. The van der Waals surface area contributed by atoms with Gasteiger partial charge >= 0.3 is 0 Å². The van der Waals surface area contributed by atoms with Gasteiger partial charge in [0.25, 0.3) is 0 Å². The highest BCUT2D eigenvalue weighted by Gasteiger charge is 2.41. The standard InChI is InChI=1S/C15H25N3O2/c1-2-3-13(18-8-7-16-12-18)10-14(20)17-11-15(4-5-15)6-9-19/h7-8,12-13,19H,2-6,9-11H2,1H3,(H,17,20). The van der Waals surface area contributed by atoms with Gasteiger partial charge in [-0.3, -0.25) is 4.79 Å². The van der Waals surface area contributed by atoms with Crippen LogP contribution in [0.4, 0.5) is 0 Å². The number of nitrogens with zero attached hydrogens (tertiary/aromatic N) is 2. The maximum atomic E-state index is 12.1. The van der Waals surface area contributed by atoms with E-state index in [0.29, 0.717) is 13.0 Å². The molecule has 1 atom stereocenters. The van der Waals surface area contributed by atoms with Gasteiger partial charge in [0.05, 0.1) is 6.33 Å². The number of rotatable bonds is 9. The lowest BCUT2D eigenvalue weighted by Gasteiger charge is -2.19. The Morgan fingerprint density at radius 2 is 2.35 bits per heavy atom. The van der Waals surface area contributed by atoms with Crippen molar-refractivity contribution in [2.45, 2.75) is 51.5 Å². The molecule has 1 fully saturated rings. The van der Waals surface area contributed by atoms with Crippen LogP contribution in [0.25, 0.3) is 0 Å². The van der Waals surface area contributed by atoms with Crippen molar-refractivity contribution in [3.63, 3.8) is 0 Å². The first-order valence-corrected chi connectivity index (χ1v) is 7.54. The lowest BCUT2D eigenvalue weighted by atomic mass is 10.0. The fraction of sp³-hybridized carbons (Fsp3) is 0.733. The Balaban J connectivity index is 1.80. The van der Waals surface area contributed by atoms with Crippen LogP contribution in [0.15, 0.2) is 18.7 Å². The minimum atomic E-state index is 0.0985. The fourth-order valence-electron chi connectivity index (χ4n) is 2.68. The lowest BCUT2D eigenvalue weighted by molar-refractivity contribution is -0.122. The zero-order chi connectivity index (χ0) is 14.4. The summed E-state index contributed by atoms with van der Waals surface area (Å²) in [6, 6.07) is 0.190. The fourth-order valence-corrected chi connectivity index (χ4v) is 2.68.